The standard InChI is InChI=1S/C8H8BrF2NO.ClH/c9-6-2-1-4(13)3-5(6)7(12)8(10)11;/h1-3,7-8,13H,12H2;1H/t7-;/m1./s1. The zero-order valence-electron chi connectivity index (χ0n) is 6.95. The zero-order valence-corrected chi connectivity index (χ0v) is 9.36. The van der Waals surface area contributed by atoms with Crippen LogP contribution >= 0.6 is 28.3 Å². The van der Waals surface area contributed by atoms with E-state index in [0.717, 1.165) is 0 Å². The lowest BCUT2D eigenvalue weighted by Crippen LogP contribution is -2.19. The van der Waals surface area contributed by atoms with Crippen molar-refractivity contribution in [3.05, 3.63) is 28.2 Å². The summed E-state index contributed by atoms with van der Waals surface area (Å²) in [6.07, 6.45) is -2.64. The molecule has 0 heterocycles. The van der Waals surface area contributed by atoms with E-state index >= 15 is 0 Å². The molecule has 0 aliphatic rings. The summed E-state index contributed by atoms with van der Waals surface area (Å²) in [5.41, 5.74) is 5.42. The maximum atomic E-state index is 12.2. The Balaban J connectivity index is 0.00000169. The van der Waals surface area contributed by atoms with Crippen LogP contribution < -0.4 is 5.73 Å². The van der Waals surface area contributed by atoms with E-state index in [0.29, 0.717) is 4.47 Å². The lowest BCUT2D eigenvalue weighted by atomic mass is 10.1. The first-order valence-electron chi connectivity index (χ1n) is 3.54. The summed E-state index contributed by atoms with van der Waals surface area (Å²) in [4.78, 5) is 0. The molecule has 0 aliphatic heterocycles. The van der Waals surface area contributed by atoms with Gasteiger partial charge in [-0.15, -0.1) is 12.4 Å². The second kappa shape index (κ2) is 5.48. The molecule has 14 heavy (non-hydrogen) atoms. The Hall–Kier alpha value is -0.390. The van der Waals surface area contributed by atoms with Gasteiger partial charge >= 0.3 is 0 Å². The summed E-state index contributed by atoms with van der Waals surface area (Å²) < 4.78 is 24.9. The highest BCUT2D eigenvalue weighted by molar-refractivity contribution is 9.10. The van der Waals surface area contributed by atoms with E-state index in [2.05, 4.69) is 15.9 Å². The Bertz CT molecular complexity index is 311. The van der Waals surface area contributed by atoms with Crippen LogP contribution in [0.4, 0.5) is 8.78 Å². The monoisotopic (exact) mass is 287 g/mol. The minimum Gasteiger partial charge on any atom is -0.508 e. The van der Waals surface area contributed by atoms with Crippen molar-refractivity contribution in [2.24, 2.45) is 5.73 Å². The number of phenols is 1. The van der Waals surface area contributed by atoms with Crippen LogP contribution in [0.1, 0.15) is 11.6 Å². The van der Waals surface area contributed by atoms with Gasteiger partial charge in [-0.2, -0.15) is 0 Å². The summed E-state index contributed by atoms with van der Waals surface area (Å²) in [6, 6.07) is 2.72. The molecular formula is C8H9BrClF2NO. The van der Waals surface area contributed by atoms with Gasteiger partial charge in [0, 0.05) is 4.47 Å². The highest BCUT2D eigenvalue weighted by Gasteiger charge is 2.20. The van der Waals surface area contributed by atoms with Crippen molar-refractivity contribution in [2.75, 3.05) is 0 Å². The summed E-state index contributed by atoms with van der Waals surface area (Å²) in [5.74, 6) is -0.0747. The van der Waals surface area contributed by atoms with E-state index in [1.807, 2.05) is 0 Å². The van der Waals surface area contributed by atoms with Gasteiger partial charge in [0.05, 0.1) is 6.04 Å². The van der Waals surface area contributed by atoms with Crippen LogP contribution in [0, 0.1) is 0 Å². The maximum absolute atomic E-state index is 12.2. The lowest BCUT2D eigenvalue weighted by molar-refractivity contribution is 0.116. The molecule has 0 saturated carbocycles. The molecule has 0 spiro atoms. The Kier molecular flexibility index (Phi) is 5.33. The number of alkyl halides is 2. The quantitative estimate of drug-likeness (QED) is 0.879. The molecule has 0 unspecified atom stereocenters. The maximum Gasteiger partial charge on any atom is 0.257 e. The van der Waals surface area contributed by atoms with Crippen LogP contribution in [0.3, 0.4) is 0 Å². The third-order valence-corrected chi connectivity index (χ3v) is 2.33. The fraction of sp³-hybridized carbons (Fsp3) is 0.250. The van der Waals surface area contributed by atoms with Crippen molar-refractivity contribution in [1.29, 1.82) is 0 Å². The largest absolute Gasteiger partial charge is 0.508 e. The predicted octanol–water partition coefficient (Wildman–Crippen LogP) is 2.84. The lowest BCUT2D eigenvalue weighted by Gasteiger charge is -2.12. The number of nitrogens with two attached hydrogens (primary N) is 1. The highest BCUT2D eigenvalue weighted by Crippen LogP contribution is 2.28. The molecule has 0 aromatic heterocycles. The molecule has 6 heteroatoms. The smallest absolute Gasteiger partial charge is 0.257 e. The van der Waals surface area contributed by atoms with Crippen molar-refractivity contribution in [2.45, 2.75) is 12.5 Å². The van der Waals surface area contributed by atoms with Crippen molar-refractivity contribution in [3.8, 4) is 5.75 Å². The van der Waals surface area contributed by atoms with Gasteiger partial charge in [-0.3, -0.25) is 0 Å². The fourth-order valence-electron chi connectivity index (χ4n) is 0.922. The van der Waals surface area contributed by atoms with Crippen LogP contribution in [0.15, 0.2) is 22.7 Å². The molecular weight excluding hydrogens is 279 g/mol. The fourth-order valence-corrected chi connectivity index (χ4v) is 1.43. The zero-order chi connectivity index (χ0) is 10.0. The number of phenolic OH excluding ortho intramolecular Hbond substituents is 1. The van der Waals surface area contributed by atoms with Gasteiger partial charge in [0.15, 0.2) is 0 Å². The summed E-state index contributed by atoms with van der Waals surface area (Å²) >= 11 is 3.07. The average molecular weight is 289 g/mol. The van der Waals surface area contributed by atoms with Crippen LogP contribution in [0.2, 0.25) is 0 Å². The SMILES string of the molecule is Cl.N[C@H](c1cc(O)ccc1Br)C(F)F. The number of hydrogen-bond acceptors (Lipinski definition) is 2. The van der Waals surface area contributed by atoms with Gasteiger partial charge in [-0.25, -0.2) is 8.78 Å². The molecule has 1 aromatic carbocycles. The average Bonchev–Trinajstić information content (AvgIpc) is 2.08. The predicted molar refractivity (Wildman–Crippen MR) is 56.0 cm³/mol. The molecule has 3 N–H and O–H groups in total. The molecule has 0 saturated heterocycles. The van der Waals surface area contributed by atoms with Gasteiger partial charge in [0.1, 0.15) is 5.75 Å². The molecule has 0 bridgehead atoms. The minimum absolute atomic E-state index is 0. The van der Waals surface area contributed by atoms with Gasteiger partial charge < -0.3 is 10.8 Å². The third kappa shape index (κ3) is 3.08. The molecule has 0 amide bonds. The van der Waals surface area contributed by atoms with E-state index in [9.17, 15) is 8.78 Å². The topological polar surface area (TPSA) is 46.2 Å². The van der Waals surface area contributed by atoms with Crippen LogP contribution in [0.25, 0.3) is 0 Å². The number of aromatic hydroxyl groups is 1. The molecule has 1 atom stereocenters. The van der Waals surface area contributed by atoms with E-state index in [4.69, 9.17) is 10.8 Å². The number of hydrogen-bond donors (Lipinski definition) is 2. The molecule has 0 radical (unpaired) electrons. The Morgan fingerprint density at radius 3 is 2.43 bits per heavy atom. The summed E-state index contributed by atoms with van der Waals surface area (Å²) in [7, 11) is 0. The minimum atomic E-state index is -2.64. The molecule has 0 aliphatic carbocycles. The van der Waals surface area contributed by atoms with Crippen LogP contribution in [-0.4, -0.2) is 11.5 Å². The van der Waals surface area contributed by atoms with Crippen molar-refractivity contribution in [3.63, 3.8) is 0 Å². The summed E-state index contributed by atoms with van der Waals surface area (Å²) in [6.45, 7) is 0. The van der Waals surface area contributed by atoms with Crippen molar-refractivity contribution >= 4 is 28.3 Å². The van der Waals surface area contributed by atoms with Gasteiger partial charge in [-0.1, -0.05) is 15.9 Å². The van der Waals surface area contributed by atoms with Gasteiger partial charge in [0.25, 0.3) is 6.43 Å². The van der Waals surface area contributed by atoms with Crippen LogP contribution in [-0.2, 0) is 0 Å². The Labute approximate surface area is 94.6 Å². The van der Waals surface area contributed by atoms with E-state index in [1.54, 1.807) is 0 Å². The number of halogens is 4. The van der Waals surface area contributed by atoms with Gasteiger partial charge in [0.2, 0.25) is 0 Å². The first-order valence-corrected chi connectivity index (χ1v) is 4.34. The number of rotatable bonds is 2. The highest BCUT2D eigenvalue weighted by atomic mass is 79.9. The Morgan fingerprint density at radius 1 is 1.36 bits per heavy atom. The second-order valence-electron chi connectivity index (χ2n) is 2.57. The van der Waals surface area contributed by atoms with Crippen molar-refractivity contribution < 1.29 is 13.9 Å². The van der Waals surface area contributed by atoms with E-state index in [1.165, 1.54) is 18.2 Å². The molecule has 0 fully saturated rings. The van der Waals surface area contributed by atoms with Crippen LogP contribution in [0.5, 0.6) is 5.75 Å². The normalized spacial score (nSPS) is 12.4. The van der Waals surface area contributed by atoms with Gasteiger partial charge in [-0.05, 0) is 23.8 Å². The van der Waals surface area contributed by atoms with E-state index in [-0.39, 0.29) is 23.7 Å². The third-order valence-electron chi connectivity index (χ3n) is 1.61. The molecule has 2 nitrogen and oxygen atoms in total. The first kappa shape index (κ1) is 13.6. The molecule has 1 rings (SSSR count). The summed E-state index contributed by atoms with van der Waals surface area (Å²) in [5, 5.41) is 9.05. The first-order chi connectivity index (χ1) is 6.02. The van der Waals surface area contributed by atoms with E-state index < -0.39 is 12.5 Å². The molecule has 80 valence electrons. The second-order valence-corrected chi connectivity index (χ2v) is 3.42. The molecule has 1 aromatic rings. The number of benzene rings is 1. The Morgan fingerprint density at radius 2 is 1.93 bits per heavy atom. The van der Waals surface area contributed by atoms with Crippen molar-refractivity contribution in [1.82, 2.24) is 0 Å².